The first-order valence-corrected chi connectivity index (χ1v) is 9.73. The quantitative estimate of drug-likeness (QED) is 0.890. The third kappa shape index (κ3) is 3.41. The van der Waals surface area contributed by atoms with Crippen LogP contribution in [0.1, 0.15) is 18.9 Å². The zero-order chi connectivity index (χ0) is 16.4. The molecular weight excluding hydrogens is 314 g/mol. The Morgan fingerprint density at radius 1 is 1.17 bits per heavy atom. The van der Waals surface area contributed by atoms with Gasteiger partial charge in [0.05, 0.1) is 11.8 Å². The molecule has 0 aromatic heterocycles. The molecule has 1 atom stereocenters. The summed E-state index contributed by atoms with van der Waals surface area (Å²) in [7, 11) is -3.13. The van der Waals surface area contributed by atoms with Crippen LogP contribution >= 0.6 is 0 Å². The van der Waals surface area contributed by atoms with Crippen molar-refractivity contribution < 1.29 is 13.2 Å². The first-order chi connectivity index (χ1) is 11.0. The number of amides is 1. The molecule has 0 bridgehead atoms. The first-order valence-electron chi connectivity index (χ1n) is 8.12. The highest BCUT2D eigenvalue weighted by Gasteiger charge is 2.33. The van der Waals surface area contributed by atoms with Gasteiger partial charge >= 0.3 is 0 Å². The fourth-order valence-electron chi connectivity index (χ4n) is 3.32. The van der Waals surface area contributed by atoms with E-state index in [4.69, 9.17) is 0 Å². The first kappa shape index (κ1) is 16.4. The van der Waals surface area contributed by atoms with Gasteiger partial charge in [-0.05, 0) is 31.4 Å². The molecule has 126 valence electrons. The van der Waals surface area contributed by atoms with E-state index in [1.165, 1.54) is 4.31 Å². The third-order valence-corrected chi connectivity index (χ3v) is 6.62. The van der Waals surface area contributed by atoms with E-state index in [1.807, 2.05) is 24.3 Å². The van der Waals surface area contributed by atoms with Crippen molar-refractivity contribution in [2.45, 2.75) is 25.8 Å². The molecule has 1 aromatic rings. The molecule has 6 nitrogen and oxygen atoms in total. The summed E-state index contributed by atoms with van der Waals surface area (Å²) in [5.41, 5.74) is 2.06. The molecule has 0 spiro atoms. The molecule has 2 heterocycles. The number of nitrogens with one attached hydrogen (secondary N) is 1. The zero-order valence-electron chi connectivity index (χ0n) is 13.4. The summed E-state index contributed by atoms with van der Waals surface area (Å²) in [5, 5.41) is 3.01. The van der Waals surface area contributed by atoms with Gasteiger partial charge in [0.2, 0.25) is 15.9 Å². The standard InChI is InChI=1S/C16H23N3O3S/c1-2-23(21,22)19-11-9-18(10-12-19)15-8-7-13-5-3-4-6-14(13)17-16(15)20/h3-6,15H,2,7-12H2,1H3,(H,17,20)/t15-/m1/s1. The molecule has 0 unspecified atom stereocenters. The van der Waals surface area contributed by atoms with Crippen LogP contribution in [0.25, 0.3) is 0 Å². The Morgan fingerprint density at radius 2 is 1.87 bits per heavy atom. The van der Waals surface area contributed by atoms with Crippen LogP contribution in [0.2, 0.25) is 0 Å². The van der Waals surface area contributed by atoms with Crippen molar-refractivity contribution in [2.24, 2.45) is 0 Å². The number of hydrogen-bond donors (Lipinski definition) is 1. The fraction of sp³-hybridized carbons (Fsp3) is 0.562. The van der Waals surface area contributed by atoms with E-state index < -0.39 is 10.0 Å². The van der Waals surface area contributed by atoms with E-state index >= 15 is 0 Å². The number of carbonyl (C=O) groups is 1. The van der Waals surface area contributed by atoms with Crippen molar-refractivity contribution in [2.75, 3.05) is 37.2 Å². The van der Waals surface area contributed by atoms with Gasteiger partial charge in [0, 0.05) is 31.9 Å². The van der Waals surface area contributed by atoms with Crippen LogP contribution in [0.3, 0.4) is 0 Å². The predicted octanol–water partition coefficient (Wildman–Crippen LogP) is 0.907. The minimum absolute atomic E-state index is 0.0155. The Kier molecular flexibility index (Phi) is 4.70. The Morgan fingerprint density at radius 3 is 2.57 bits per heavy atom. The highest BCUT2D eigenvalue weighted by atomic mass is 32.2. The Labute approximate surface area is 137 Å². The number of rotatable bonds is 3. The van der Waals surface area contributed by atoms with Crippen LogP contribution in [0.4, 0.5) is 5.69 Å². The fourth-order valence-corrected chi connectivity index (χ4v) is 4.41. The van der Waals surface area contributed by atoms with Gasteiger partial charge < -0.3 is 5.32 Å². The highest BCUT2D eigenvalue weighted by Crippen LogP contribution is 2.24. The lowest BCUT2D eigenvalue weighted by Gasteiger charge is -2.37. The van der Waals surface area contributed by atoms with E-state index in [-0.39, 0.29) is 17.7 Å². The number of para-hydroxylation sites is 1. The van der Waals surface area contributed by atoms with Gasteiger partial charge in [-0.1, -0.05) is 18.2 Å². The summed E-state index contributed by atoms with van der Waals surface area (Å²) in [6, 6.07) is 7.70. The molecule has 1 aromatic carbocycles. The molecule has 0 radical (unpaired) electrons. The summed E-state index contributed by atoms with van der Waals surface area (Å²) < 4.78 is 25.4. The van der Waals surface area contributed by atoms with E-state index in [0.29, 0.717) is 26.2 Å². The molecule has 2 aliphatic heterocycles. The second-order valence-electron chi connectivity index (χ2n) is 6.04. The molecule has 1 amide bonds. The molecule has 0 saturated carbocycles. The van der Waals surface area contributed by atoms with Crippen molar-refractivity contribution >= 4 is 21.6 Å². The van der Waals surface area contributed by atoms with Gasteiger partial charge in [-0.3, -0.25) is 9.69 Å². The lowest BCUT2D eigenvalue weighted by atomic mass is 10.0. The normalized spacial score (nSPS) is 23.9. The largest absolute Gasteiger partial charge is 0.324 e. The summed E-state index contributed by atoms with van der Waals surface area (Å²) in [5.74, 6) is 0.147. The van der Waals surface area contributed by atoms with Crippen molar-refractivity contribution in [1.82, 2.24) is 9.21 Å². The molecule has 7 heteroatoms. The molecule has 3 rings (SSSR count). The maximum Gasteiger partial charge on any atom is 0.241 e. The maximum absolute atomic E-state index is 12.5. The van der Waals surface area contributed by atoms with E-state index in [0.717, 1.165) is 24.1 Å². The van der Waals surface area contributed by atoms with Crippen LogP contribution in [-0.2, 0) is 21.2 Å². The number of hydrogen-bond acceptors (Lipinski definition) is 4. The Hall–Kier alpha value is -1.44. The average molecular weight is 337 g/mol. The Balaban J connectivity index is 1.67. The number of carbonyl (C=O) groups excluding carboxylic acids is 1. The van der Waals surface area contributed by atoms with Crippen molar-refractivity contribution in [3.63, 3.8) is 0 Å². The van der Waals surface area contributed by atoms with Crippen molar-refractivity contribution in [3.8, 4) is 0 Å². The van der Waals surface area contributed by atoms with Gasteiger partial charge in [-0.2, -0.15) is 4.31 Å². The van der Waals surface area contributed by atoms with Gasteiger partial charge in [0.15, 0.2) is 0 Å². The van der Waals surface area contributed by atoms with Crippen LogP contribution in [0, 0.1) is 0 Å². The van der Waals surface area contributed by atoms with Crippen LogP contribution in [-0.4, -0.2) is 61.5 Å². The number of piperazine rings is 1. The zero-order valence-corrected chi connectivity index (χ0v) is 14.2. The monoisotopic (exact) mass is 337 g/mol. The molecule has 1 saturated heterocycles. The Bertz CT molecular complexity index is 682. The summed E-state index contributed by atoms with van der Waals surface area (Å²) in [6.07, 6.45) is 1.62. The molecule has 2 aliphatic rings. The molecular formula is C16H23N3O3S. The number of benzene rings is 1. The average Bonchev–Trinajstić information content (AvgIpc) is 2.73. The number of fused-ring (bicyclic) bond motifs is 1. The molecule has 0 aliphatic carbocycles. The SMILES string of the molecule is CCS(=O)(=O)N1CCN([C@@H]2CCc3ccccc3NC2=O)CC1. The van der Waals surface area contributed by atoms with Gasteiger partial charge in [-0.25, -0.2) is 8.42 Å². The number of sulfonamides is 1. The van der Waals surface area contributed by atoms with Gasteiger partial charge in [0.25, 0.3) is 0 Å². The molecule has 1 N–H and O–H groups in total. The second kappa shape index (κ2) is 6.59. The predicted molar refractivity (Wildman–Crippen MR) is 89.8 cm³/mol. The minimum Gasteiger partial charge on any atom is -0.324 e. The third-order valence-electron chi connectivity index (χ3n) is 4.74. The van der Waals surface area contributed by atoms with Crippen LogP contribution in [0.5, 0.6) is 0 Å². The maximum atomic E-state index is 12.5. The van der Waals surface area contributed by atoms with Crippen molar-refractivity contribution in [3.05, 3.63) is 29.8 Å². The van der Waals surface area contributed by atoms with E-state index in [9.17, 15) is 13.2 Å². The summed E-state index contributed by atoms with van der Waals surface area (Å²) in [4.78, 5) is 14.6. The molecule has 23 heavy (non-hydrogen) atoms. The number of anilines is 1. The lowest BCUT2D eigenvalue weighted by Crippen LogP contribution is -2.54. The number of aryl methyl sites for hydroxylation is 1. The second-order valence-corrected chi connectivity index (χ2v) is 8.29. The smallest absolute Gasteiger partial charge is 0.241 e. The van der Waals surface area contributed by atoms with Crippen LogP contribution < -0.4 is 5.32 Å². The highest BCUT2D eigenvalue weighted by molar-refractivity contribution is 7.89. The minimum atomic E-state index is -3.13. The van der Waals surface area contributed by atoms with Crippen molar-refractivity contribution in [1.29, 1.82) is 0 Å². The number of nitrogens with zero attached hydrogens (tertiary/aromatic N) is 2. The van der Waals surface area contributed by atoms with Crippen LogP contribution in [0.15, 0.2) is 24.3 Å². The molecule has 1 fully saturated rings. The van der Waals surface area contributed by atoms with E-state index in [2.05, 4.69) is 10.2 Å². The van der Waals surface area contributed by atoms with Gasteiger partial charge in [-0.15, -0.1) is 0 Å². The summed E-state index contributed by atoms with van der Waals surface area (Å²) in [6.45, 7) is 3.80. The van der Waals surface area contributed by atoms with E-state index in [1.54, 1.807) is 6.92 Å². The topological polar surface area (TPSA) is 69.7 Å². The summed E-state index contributed by atoms with van der Waals surface area (Å²) >= 11 is 0. The van der Waals surface area contributed by atoms with Gasteiger partial charge in [0.1, 0.15) is 0 Å². The lowest BCUT2D eigenvalue weighted by molar-refractivity contribution is -0.121.